The molecule has 1 amide bonds. The molecule has 1 saturated heterocycles. The van der Waals surface area contributed by atoms with Crippen molar-refractivity contribution >= 4 is 29.3 Å². The van der Waals surface area contributed by atoms with Crippen molar-refractivity contribution in [1.82, 2.24) is 4.90 Å². The Morgan fingerprint density at radius 1 is 1.43 bits per heavy atom. The number of hydrogen-bond acceptors (Lipinski definition) is 3. The van der Waals surface area contributed by atoms with Crippen molar-refractivity contribution in [2.45, 2.75) is 27.2 Å². The van der Waals surface area contributed by atoms with E-state index in [0.717, 1.165) is 4.88 Å². The number of aliphatic carboxylic acids is 1. The van der Waals surface area contributed by atoms with Crippen LogP contribution in [0.5, 0.6) is 0 Å². The van der Waals surface area contributed by atoms with Crippen LogP contribution in [0, 0.1) is 18.3 Å². The minimum absolute atomic E-state index is 0.0109. The maximum atomic E-state index is 12.2. The lowest BCUT2D eigenvalue weighted by Gasteiger charge is -2.28. The van der Waals surface area contributed by atoms with E-state index >= 15 is 0 Å². The van der Waals surface area contributed by atoms with Crippen LogP contribution in [0.3, 0.4) is 0 Å². The molecule has 0 spiro atoms. The Kier molecular flexibility index (Phi) is 4.52. The molecule has 21 heavy (non-hydrogen) atoms. The van der Waals surface area contributed by atoms with Crippen molar-refractivity contribution in [3.8, 4) is 0 Å². The van der Waals surface area contributed by atoms with E-state index in [0.29, 0.717) is 19.5 Å². The third-order valence-corrected chi connectivity index (χ3v) is 5.26. The van der Waals surface area contributed by atoms with E-state index < -0.39 is 11.4 Å². The van der Waals surface area contributed by atoms with Gasteiger partial charge in [-0.05, 0) is 37.5 Å². The summed E-state index contributed by atoms with van der Waals surface area (Å²) in [6, 6.07) is 3.99. The van der Waals surface area contributed by atoms with E-state index in [1.54, 1.807) is 28.4 Å². The lowest BCUT2D eigenvalue weighted by Crippen LogP contribution is -2.40. The fourth-order valence-electron chi connectivity index (χ4n) is 2.72. The number of carbonyl (C=O) groups is 2. The van der Waals surface area contributed by atoms with Gasteiger partial charge < -0.3 is 10.0 Å². The Bertz CT molecular complexity index is 576. The molecule has 5 heteroatoms. The Morgan fingerprint density at radius 2 is 2.14 bits per heavy atom. The summed E-state index contributed by atoms with van der Waals surface area (Å²) in [5.41, 5.74) is -0.803. The van der Waals surface area contributed by atoms with Crippen molar-refractivity contribution < 1.29 is 14.7 Å². The Labute approximate surface area is 129 Å². The Hall–Kier alpha value is -1.62. The summed E-state index contributed by atoms with van der Waals surface area (Å²) in [6.45, 7) is 6.65. The highest BCUT2D eigenvalue weighted by atomic mass is 32.1. The number of carbonyl (C=O) groups excluding carboxylic acids is 1. The number of amides is 1. The van der Waals surface area contributed by atoms with Gasteiger partial charge in [0.1, 0.15) is 0 Å². The molecule has 114 valence electrons. The number of carboxylic acids is 1. The third-order valence-electron chi connectivity index (χ3n) is 4.29. The average molecular weight is 307 g/mol. The molecule has 0 aliphatic carbocycles. The number of rotatable bonds is 4. The molecular formula is C16H21NO3S. The van der Waals surface area contributed by atoms with Crippen LogP contribution in [0.25, 0.3) is 6.08 Å². The van der Waals surface area contributed by atoms with Crippen LogP contribution in [-0.2, 0) is 9.59 Å². The molecular weight excluding hydrogens is 286 g/mol. The quantitative estimate of drug-likeness (QED) is 0.870. The van der Waals surface area contributed by atoms with Gasteiger partial charge in [-0.2, -0.15) is 0 Å². The molecule has 1 aromatic heterocycles. The van der Waals surface area contributed by atoms with Crippen LogP contribution < -0.4 is 0 Å². The largest absolute Gasteiger partial charge is 0.481 e. The molecule has 0 bridgehead atoms. The van der Waals surface area contributed by atoms with Gasteiger partial charge in [-0.15, -0.1) is 11.3 Å². The second kappa shape index (κ2) is 6.02. The Morgan fingerprint density at radius 3 is 2.62 bits per heavy atom. The molecule has 0 saturated carbocycles. The normalized spacial score (nSPS) is 22.4. The van der Waals surface area contributed by atoms with Gasteiger partial charge in [-0.25, -0.2) is 0 Å². The van der Waals surface area contributed by atoms with E-state index in [1.807, 2.05) is 32.9 Å². The lowest BCUT2D eigenvalue weighted by atomic mass is 9.76. The average Bonchev–Trinajstić information content (AvgIpc) is 3.03. The van der Waals surface area contributed by atoms with Gasteiger partial charge in [0.25, 0.3) is 0 Å². The summed E-state index contributed by atoms with van der Waals surface area (Å²) in [5, 5.41) is 9.49. The predicted molar refractivity (Wildman–Crippen MR) is 84.2 cm³/mol. The van der Waals surface area contributed by atoms with Gasteiger partial charge >= 0.3 is 5.97 Å². The molecule has 2 rings (SSSR count). The second-order valence-corrected chi connectivity index (χ2v) is 7.23. The number of nitrogens with zero attached hydrogens (tertiary/aromatic N) is 1. The number of carboxylic acid groups (broad SMARTS) is 1. The molecule has 4 nitrogen and oxygen atoms in total. The second-order valence-electron chi connectivity index (χ2n) is 5.91. The Balaban J connectivity index is 2.05. The third kappa shape index (κ3) is 3.18. The summed E-state index contributed by atoms with van der Waals surface area (Å²) < 4.78 is 0. The van der Waals surface area contributed by atoms with E-state index in [1.165, 1.54) is 4.88 Å². The van der Waals surface area contributed by atoms with Crippen LogP contribution in [0.4, 0.5) is 0 Å². The molecule has 1 N–H and O–H groups in total. The summed E-state index contributed by atoms with van der Waals surface area (Å²) in [7, 11) is 0. The van der Waals surface area contributed by atoms with E-state index in [2.05, 4.69) is 0 Å². The highest BCUT2D eigenvalue weighted by molar-refractivity contribution is 7.12. The summed E-state index contributed by atoms with van der Waals surface area (Å²) in [4.78, 5) is 27.7. The summed E-state index contributed by atoms with van der Waals surface area (Å²) in [5.74, 6) is -0.896. The minimum atomic E-state index is -0.803. The van der Waals surface area contributed by atoms with Gasteiger partial charge in [-0.3, -0.25) is 9.59 Å². The van der Waals surface area contributed by atoms with Crippen LogP contribution in [-0.4, -0.2) is 35.0 Å². The van der Waals surface area contributed by atoms with Crippen LogP contribution in [0.15, 0.2) is 18.2 Å². The lowest BCUT2D eigenvalue weighted by molar-refractivity contribution is -0.151. The predicted octanol–water partition coefficient (Wildman–Crippen LogP) is 3.03. The van der Waals surface area contributed by atoms with Gasteiger partial charge in [0.2, 0.25) is 5.91 Å². The fourth-order valence-corrected chi connectivity index (χ4v) is 3.50. The van der Waals surface area contributed by atoms with E-state index in [-0.39, 0.29) is 11.8 Å². The number of likely N-dealkylation sites (tertiary alicyclic amines) is 1. The smallest absolute Gasteiger partial charge is 0.311 e. The zero-order valence-corrected chi connectivity index (χ0v) is 13.4. The van der Waals surface area contributed by atoms with Gasteiger partial charge in [0.15, 0.2) is 0 Å². The monoisotopic (exact) mass is 307 g/mol. The van der Waals surface area contributed by atoms with Gasteiger partial charge in [0.05, 0.1) is 5.41 Å². The van der Waals surface area contributed by atoms with E-state index in [4.69, 9.17) is 0 Å². The summed E-state index contributed by atoms with van der Waals surface area (Å²) in [6.07, 6.45) is 3.87. The first-order chi connectivity index (χ1) is 9.85. The van der Waals surface area contributed by atoms with Crippen LogP contribution in [0.1, 0.15) is 30.0 Å². The highest BCUT2D eigenvalue weighted by Crippen LogP contribution is 2.38. The van der Waals surface area contributed by atoms with Gasteiger partial charge in [-0.1, -0.05) is 13.8 Å². The van der Waals surface area contributed by atoms with Crippen molar-refractivity contribution in [2.75, 3.05) is 13.1 Å². The zero-order valence-electron chi connectivity index (χ0n) is 12.6. The van der Waals surface area contributed by atoms with Crippen LogP contribution in [0.2, 0.25) is 0 Å². The van der Waals surface area contributed by atoms with Crippen molar-refractivity contribution in [3.05, 3.63) is 28.0 Å². The number of aryl methyl sites for hydroxylation is 1. The SMILES string of the molecule is Cc1ccc(/C=C/C(=O)N2CCC(C(=O)O)(C(C)C)C2)s1. The van der Waals surface area contributed by atoms with Gasteiger partial charge in [0, 0.05) is 28.9 Å². The fraction of sp³-hybridized carbons (Fsp3) is 0.500. The summed E-state index contributed by atoms with van der Waals surface area (Å²) >= 11 is 1.63. The van der Waals surface area contributed by atoms with Crippen molar-refractivity contribution in [1.29, 1.82) is 0 Å². The van der Waals surface area contributed by atoms with E-state index in [9.17, 15) is 14.7 Å². The maximum absolute atomic E-state index is 12.2. The first-order valence-electron chi connectivity index (χ1n) is 7.12. The standard InChI is InChI=1S/C16H21NO3S/c1-11(2)16(15(19)20)8-9-17(10-16)14(18)7-6-13-5-4-12(3)21-13/h4-7,11H,8-10H2,1-3H3,(H,19,20)/b7-6+. The molecule has 1 unspecified atom stereocenters. The van der Waals surface area contributed by atoms with Crippen molar-refractivity contribution in [2.24, 2.45) is 11.3 Å². The molecule has 0 aromatic carbocycles. The topological polar surface area (TPSA) is 57.6 Å². The van der Waals surface area contributed by atoms with Crippen LogP contribution >= 0.6 is 11.3 Å². The maximum Gasteiger partial charge on any atom is 0.311 e. The molecule has 0 radical (unpaired) electrons. The molecule has 1 atom stereocenters. The molecule has 1 fully saturated rings. The zero-order chi connectivity index (χ0) is 15.6. The van der Waals surface area contributed by atoms with Crippen molar-refractivity contribution in [3.63, 3.8) is 0 Å². The number of thiophene rings is 1. The first kappa shape index (κ1) is 15.8. The first-order valence-corrected chi connectivity index (χ1v) is 7.93. The minimum Gasteiger partial charge on any atom is -0.481 e. The molecule has 2 heterocycles. The molecule has 1 aromatic rings. The highest BCUT2D eigenvalue weighted by Gasteiger charge is 2.48. The molecule has 1 aliphatic heterocycles. The number of hydrogen-bond donors (Lipinski definition) is 1. The molecule has 1 aliphatic rings.